The standard InChI is InChI=1S/C35H38ClNO5/c1-8-40-34(38)33(42-35(4,5)6)31-23(3)37-22(2)30(32(31)26-11-15-27(36)16-12-26)25-13-19-29(20-14-25)41-21-24-9-17-28(39-7)18-10-24/h9-20,33H,8,21H2,1-7H3/t33-/m0/s1. The van der Waals surface area contributed by atoms with Gasteiger partial charge in [0.15, 0.2) is 6.10 Å². The first-order valence-electron chi connectivity index (χ1n) is 14.0. The number of aryl methyl sites for hydroxylation is 2. The molecule has 0 saturated heterocycles. The van der Waals surface area contributed by atoms with Crippen LogP contribution in [0.1, 0.15) is 56.3 Å². The third kappa shape index (κ3) is 7.50. The lowest BCUT2D eigenvalue weighted by molar-refractivity contribution is -0.166. The van der Waals surface area contributed by atoms with Gasteiger partial charge in [0.05, 0.1) is 19.3 Å². The molecule has 6 nitrogen and oxygen atoms in total. The zero-order valence-corrected chi connectivity index (χ0v) is 26.0. The largest absolute Gasteiger partial charge is 0.497 e. The summed E-state index contributed by atoms with van der Waals surface area (Å²) >= 11 is 6.27. The second kappa shape index (κ2) is 13.4. The van der Waals surface area contributed by atoms with Crippen LogP contribution in [0.3, 0.4) is 0 Å². The fourth-order valence-electron chi connectivity index (χ4n) is 4.86. The summed E-state index contributed by atoms with van der Waals surface area (Å²) in [4.78, 5) is 18.3. The van der Waals surface area contributed by atoms with Gasteiger partial charge in [0.25, 0.3) is 0 Å². The number of benzene rings is 3. The van der Waals surface area contributed by atoms with Crippen molar-refractivity contribution in [1.82, 2.24) is 4.98 Å². The minimum atomic E-state index is -0.977. The minimum absolute atomic E-state index is 0.238. The Bertz CT molecular complexity index is 1510. The molecular weight excluding hydrogens is 550 g/mol. The van der Waals surface area contributed by atoms with Gasteiger partial charge in [-0.2, -0.15) is 0 Å². The van der Waals surface area contributed by atoms with Crippen molar-refractivity contribution < 1.29 is 23.7 Å². The van der Waals surface area contributed by atoms with Crippen LogP contribution < -0.4 is 9.47 Å². The van der Waals surface area contributed by atoms with Crippen LogP contribution in [0.15, 0.2) is 72.8 Å². The van der Waals surface area contributed by atoms with Crippen molar-refractivity contribution in [2.45, 2.75) is 59.9 Å². The van der Waals surface area contributed by atoms with E-state index in [2.05, 4.69) is 0 Å². The number of nitrogens with zero attached hydrogens (tertiary/aromatic N) is 1. The molecule has 4 aromatic rings. The highest BCUT2D eigenvalue weighted by Gasteiger charge is 2.34. The van der Waals surface area contributed by atoms with E-state index in [-0.39, 0.29) is 6.61 Å². The van der Waals surface area contributed by atoms with Crippen molar-refractivity contribution in [3.05, 3.63) is 100 Å². The molecule has 0 spiro atoms. The van der Waals surface area contributed by atoms with Gasteiger partial charge in [-0.15, -0.1) is 0 Å². The van der Waals surface area contributed by atoms with Gasteiger partial charge < -0.3 is 18.9 Å². The SMILES string of the molecule is CCOC(=O)[C@@H](OC(C)(C)C)c1c(C)nc(C)c(-c2ccc(OCc3ccc(OC)cc3)cc2)c1-c1ccc(Cl)cc1. The summed E-state index contributed by atoms with van der Waals surface area (Å²) in [5.41, 5.74) is 6.19. The summed E-state index contributed by atoms with van der Waals surface area (Å²) < 4.78 is 23.2. The van der Waals surface area contributed by atoms with E-state index < -0.39 is 17.7 Å². The van der Waals surface area contributed by atoms with Crippen LogP contribution >= 0.6 is 11.6 Å². The van der Waals surface area contributed by atoms with E-state index in [0.29, 0.717) is 22.9 Å². The first-order valence-corrected chi connectivity index (χ1v) is 14.4. The monoisotopic (exact) mass is 587 g/mol. The molecule has 1 aromatic heterocycles. The van der Waals surface area contributed by atoms with Crippen molar-refractivity contribution >= 4 is 17.6 Å². The number of esters is 1. The Hall–Kier alpha value is -3.87. The van der Waals surface area contributed by atoms with Gasteiger partial charge >= 0.3 is 5.97 Å². The zero-order valence-electron chi connectivity index (χ0n) is 25.3. The van der Waals surface area contributed by atoms with E-state index in [1.807, 2.05) is 107 Å². The van der Waals surface area contributed by atoms with Crippen molar-refractivity contribution in [1.29, 1.82) is 0 Å². The van der Waals surface area contributed by atoms with Crippen LogP contribution in [-0.2, 0) is 20.9 Å². The number of pyridine rings is 1. The number of rotatable bonds is 10. The minimum Gasteiger partial charge on any atom is -0.497 e. The first-order chi connectivity index (χ1) is 20.0. The van der Waals surface area contributed by atoms with E-state index >= 15 is 0 Å². The molecule has 0 unspecified atom stereocenters. The highest BCUT2D eigenvalue weighted by molar-refractivity contribution is 6.30. The summed E-state index contributed by atoms with van der Waals surface area (Å²) in [6.07, 6.45) is -0.977. The Balaban J connectivity index is 1.81. The first kappa shape index (κ1) is 31.1. The van der Waals surface area contributed by atoms with Crippen LogP contribution in [-0.4, -0.2) is 30.3 Å². The second-order valence-electron chi connectivity index (χ2n) is 11.0. The number of carbonyl (C=O) groups is 1. The molecule has 0 amide bonds. The molecular formula is C35H38ClNO5. The number of hydrogen-bond donors (Lipinski definition) is 0. The maximum atomic E-state index is 13.4. The lowest BCUT2D eigenvalue weighted by Crippen LogP contribution is -2.30. The topological polar surface area (TPSA) is 66.9 Å². The average Bonchev–Trinajstić information content (AvgIpc) is 2.95. The van der Waals surface area contributed by atoms with E-state index in [0.717, 1.165) is 45.0 Å². The van der Waals surface area contributed by atoms with Gasteiger partial charge in [-0.25, -0.2) is 4.79 Å². The number of methoxy groups -OCH3 is 1. The normalized spacial score (nSPS) is 12.1. The fraction of sp³-hybridized carbons (Fsp3) is 0.314. The number of hydrogen-bond acceptors (Lipinski definition) is 6. The Morgan fingerprint density at radius 3 is 1.98 bits per heavy atom. The Kier molecular flexibility index (Phi) is 9.92. The van der Waals surface area contributed by atoms with Crippen molar-refractivity contribution in [2.24, 2.45) is 0 Å². The Morgan fingerprint density at radius 2 is 1.40 bits per heavy atom. The summed E-state index contributed by atoms with van der Waals surface area (Å²) in [5.74, 6) is 1.09. The number of carbonyl (C=O) groups excluding carboxylic acids is 1. The molecule has 0 bridgehead atoms. The summed E-state index contributed by atoms with van der Waals surface area (Å²) in [6, 6.07) is 23.3. The molecule has 0 aliphatic heterocycles. The molecule has 3 aromatic carbocycles. The third-order valence-electron chi connectivity index (χ3n) is 6.68. The third-order valence-corrected chi connectivity index (χ3v) is 6.93. The van der Waals surface area contributed by atoms with Crippen molar-refractivity contribution in [2.75, 3.05) is 13.7 Å². The van der Waals surface area contributed by atoms with Crippen LogP contribution in [0.25, 0.3) is 22.3 Å². The molecule has 1 atom stereocenters. The van der Waals surface area contributed by atoms with Gasteiger partial charge in [0.2, 0.25) is 0 Å². The number of halogens is 1. The van der Waals surface area contributed by atoms with Gasteiger partial charge in [0, 0.05) is 27.5 Å². The smallest absolute Gasteiger partial charge is 0.340 e. The molecule has 0 radical (unpaired) electrons. The molecule has 0 N–H and O–H groups in total. The van der Waals surface area contributed by atoms with Gasteiger partial charge in [0.1, 0.15) is 18.1 Å². The average molecular weight is 588 g/mol. The molecule has 0 fully saturated rings. The van der Waals surface area contributed by atoms with Gasteiger partial charge in [-0.05, 0) is 100 Å². The lowest BCUT2D eigenvalue weighted by atomic mass is 9.86. The molecule has 7 heteroatoms. The predicted octanol–water partition coefficient (Wildman–Crippen LogP) is 8.69. The predicted molar refractivity (Wildman–Crippen MR) is 167 cm³/mol. The van der Waals surface area contributed by atoms with Crippen LogP contribution in [0, 0.1) is 13.8 Å². The van der Waals surface area contributed by atoms with E-state index in [1.165, 1.54) is 0 Å². The van der Waals surface area contributed by atoms with Gasteiger partial charge in [-0.1, -0.05) is 48.0 Å². The van der Waals surface area contributed by atoms with Crippen molar-refractivity contribution in [3.8, 4) is 33.8 Å². The molecule has 42 heavy (non-hydrogen) atoms. The molecule has 0 aliphatic rings. The fourth-order valence-corrected chi connectivity index (χ4v) is 4.98. The Morgan fingerprint density at radius 1 is 0.833 bits per heavy atom. The van der Waals surface area contributed by atoms with E-state index in [4.69, 9.17) is 35.5 Å². The van der Waals surface area contributed by atoms with E-state index in [1.54, 1.807) is 14.0 Å². The highest BCUT2D eigenvalue weighted by atomic mass is 35.5. The number of ether oxygens (including phenoxy) is 4. The second-order valence-corrected chi connectivity index (χ2v) is 11.4. The zero-order chi connectivity index (χ0) is 30.4. The lowest BCUT2D eigenvalue weighted by Gasteiger charge is -2.30. The molecule has 4 rings (SSSR count). The van der Waals surface area contributed by atoms with Crippen LogP contribution in [0.5, 0.6) is 11.5 Å². The summed E-state index contributed by atoms with van der Waals surface area (Å²) in [5, 5.41) is 0.621. The molecule has 0 aliphatic carbocycles. The quantitative estimate of drug-likeness (QED) is 0.173. The highest BCUT2D eigenvalue weighted by Crippen LogP contribution is 2.43. The summed E-state index contributed by atoms with van der Waals surface area (Å²) in [7, 11) is 1.65. The maximum absolute atomic E-state index is 13.4. The van der Waals surface area contributed by atoms with Crippen LogP contribution in [0.2, 0.25) is 5.02 Å². The maximum Gasteiger partial charge on any atom is 0.340 e. The van der Waals surface area contributed by atoms with Crippen molar-refractivity contribution in [3.63, 3.8) is 0 Å². The van der Waals surface area contributed by atoms with E-state index in [9.17, 15) is 4.79 Å². The molecule has 0 saturated carbocycles. The number of aromatic nitrogens is 1. The summed E-state index contributed by atoms with van der Waals surface area (Å²) in [6.45, 7) is 12.1. The van der Waals surface area contributed by atoms with Crippen LogP contribution in [0.4, 0.5) is 0 Å². The molecule has 220 valence electrons. The molecule has 1 heterocycles. The van der Waals surface area contributed by atoms with Gasteiger partial charge in [-0.3, -0.25) is 4.98 Å². The Labute approximate surface area is 253 Å².